The van der Waals surface area contributed by atoms with Crippen LogP contribution < -0.4 is 5.73 Å². The van der Waals surface area contributed by atoms with Crippen molar-refractivity contribution in [2.24, 2.45) is 0 Å². The highest BCUT2D eigenvalue weighted by atomic mass is 79.9. The summed E-state index contributed by atoms with van der Waals surface area (Å²) in [6.45, 7) is 0. The van der Waals surface area contributed by atoms with Gasteiger partial charge in [-0.1, -0.05) is 57.9 Å². The maximum atomic E-state index is 6.27. The average Bonchev–Trinajstić information content (AvgIpc) is 2.82. The molecule has 0 amide bonds. The van der Waals surface area contributed by atoms with E-state index in [2.05, 4.69) is 26.1 Å². The van der Waals surface area contributed by atoms with E-state index >= 15 is 0 Å². The number of nitrogens with zero attached hydrogens (tertiary/aromatic N) is 1. The normalized spacial score (nSPS) is 10.7. The summed E-state index contributed by atoms with van der Waals surface area (Å²) >= 11 is 9.69. The first-order valence-electron chi connectivity index (χ1n) is 6.01. The number of halogens is 2. The fourth-order valence-electron chi connectivity index (χ4n) is 2.12. The zero-order chi connectivity index (χ0) is 14.1. The van der Waals surface area contributed by atoms with Gasteiger partial charge in [-0.2, -0.15) is 5.10 Å². The summed E-state index contributed by atoms with van der Waals surface area (Å²) in [5.41, 5.74) is 9.57. The van der Waals surface area contributed by atoms with E-state index in [1.807, 2.05) is 48.5 Å². The molecule has 0 spiro atoms. The van der Waals surface area contributed by atoms with Gasteiger partial charge in [0.25, 0.3) is 0 Å². The number of rotatable bonds is 2. The number of hydrogen-bond acceptors (Lipinski definition) is 2. The fourth-order valence-corrected chi connectivity index (χ4v) is 2.61. The Hall–Kier alpha value is -1.78. The molecule has 1 heterocycles. The molecule has 3 aromatic rings. The van der Waals surface area contributed by atoms with Crippen molar-refractivity contribution in [3.05, 3.63) is 58.0 Å². The molecular formula is C15H11BrClN3. The number of H-pyrrole nitrogens is 1. The van der Waals surface area contributed by atoms with Crippen molar-refractivity contribution in [1.29, 1.82) is 0 Å². The van der Waals surface area contributed by atoms with Crippen LogP contribution in [-0.2, 0) is 0 Å². The van der Waals surface area contributed by atoms with E-state index in [1.165, 1.54) is 0 Å². The van der Waals surface area contributed by atoms with Crippen molar-refractivity contribution in [1.82, 2.24) is 10.2 Å². The molecule has 0 bridgehead atoms. The second-order valence-corrected chi connectivity index (χ2v) is 5.67. The second kappa shape index (κ2) is 5.31. The summed E-state index contributed by atoms with van der Waals surface area (Å²) in [5, 5.41) is 7.75. The van der Waals surface area contributed by atoms with Crippen LogP contribution in [0.25, 0.3) is 22.4 Å². The largest absolute Gasteiger partial charge is 0.382 e. The Labute approximate surface area is 129 Å². The first-order chi connectivity index (χ1) is 9.66. The van der Waals surface area contributed by atoms with E-state index in [9.17, 15) is 0 Å². The topological polar surface area (TPSA) is 54.7 Å². The average molecular weight is 349 g/mol. The van der Waals surface area contributed by atoms with Gasteiger partial charge in [0.05, 0.1) is 11.3 Å². The Kier molecular flexibility index (Phi) is 3.51. The molecule has 0 atom stereocenters. The maximum Gasteiger partial charge on any atom is 0.153 e. The van der Waals surface area contributed by atoms with Gasteiger partial charge in [0.15, 0.2) is 5.82 Å². The molecule has 2 aromatic carbocycles. The van der Waals surface area contributed by atoms with Crippen molar-refractivity contribution in [2.45, 2.75) is 0 Å². The quantitative estimate of drug-likeness (QED) is 0.702. The molecule has 100 valence electrons. The van der Waals surface area contributed by atoms with Gasteiger partial charge in [-0.3, -0.25) is 5.10 Å². The Morgan fingerprint density at radius 1 is 1.05 bits per heavy atom. The number of anilines is 1. The van der Waals surface area contributed by atoms with Crippen LogP contribution in [0.4, 0.5) is 5.82 Å². The third-order valence-corrected chi connectivity index (χ3v) is 3.93. The third kappa shape index (κ3) is 2.32. The highest BCUT2D eigenvalue weighted by molar-refractivity contribution is 9.10. The lowest BCUT2D eigenvalue weighted by atomic mass is 10.0. The number of nitrogens with two attached hydrogens (primary N) is 1. The standard InChI is InChI=1S/C15H11BrClN3/c16-10-7-5-9(6-8-10)14-13(15(18)20-19-14)11-3-1-2-4-12(11)17/h1-8H,(H3,18,19,20). The number of nitrogens with one attached hydrogen (secondary N) is 1. The first kappa shape index (κ1) is 13.2. The van der Waals surface area contributed by atoms with Crippen molar-refractivity contribution in [2.75, 3.05) is 5.73 Å². The molecule has 3 nitrogen and oxygen atoms in total. The Morgan fingerprint density at radius 2 is 1.75 bits per heavy atom. The van der Waals surface area contributed by atoms with Gasteiger partial charge in [0.2, 0.25) is 0 Å². The van der Waals surface area contributed by atoms with Crippen LogP contribution in [0.1, 0.15) is 0 Å². The molecule has 0 aliphatic heterocycles. The summed E-state index contributed by atoms with van der Waals surface area (Å²) in [5.74, 6) is 0.441. The molecule has 0 saturated heterocycles. The fraction of sp³-hybridized carbons (Fsp3) is 0. The molecule has 20 heavy (non-hydrogen) atoms. The molecule has 0 saturated carbocycles. The van der Waals surface area contributed by atoms with E-state index in [-0.39, 0.29) is 0 Å². The van der Waals surface area contributed by atoms with Crippen LogP contribution in [0.2, 0.25) is 5.02 Å². The molecule has 0 radical (unpaired) electrons. The maximum absolute atomic E-state index is 6.27. The molecule has 3 rings (SSSR count). The summed E-state index contributed by atoms with van der Waals surface area (Å²) in [4.78, 5) is 0. The van der Waals surface area contributed by atoms with Crippen LogP contribution in [0.15, 0.2) is 53.0 Å². The van der Waals surface area contributed by atoms with E-state index < -0.39 is 0 Å². The molecular weight excluding hydrogens is 338 g/mol. The number of aromatic amines is 1. The molecule has 0 aliphatic rings. The van der Waals surface area contributed by atoms with Gasteiger partial charge in [0.1, 0.15) is 0 Å². The van der Waals surface area contributed by atoms with Crippen LogP contribution in [0, 0.1) is 0 Å². The van der Waals surface area contributed by atoms with Crippen molar-refractivity contribution >= 4 is 33.3 Å². The van der Waals surface area contributed by atoms with E-state index in [0.29, 0.717) is 10.8 Å². The van der Waals surface area contributed by atoms with E-state index in [4.69, 9.17) is 17.3 Å². The van der Waals surface area contributed by atoms with Gasteiger partial charge in [-0.05, 0) is 18.2 Å². The Balaban J connectivity index is 2.20. The smallest absolute Gasteiger partial charge is 0.153 e. The lowest BCUT2D eigenvalue weighted by molar-refractivity contribution is 1.10. The third-order valence-electron chi connectivity index (χ3n) is 3.07. The van der Waals surface area contributed by atoms with Gasteiger partial charge in [-0.15, -0.1) is 0 Å². The molecule has 1 aromatic heterocycles. The lowest BCUT2D eigenvalue weighted by Gasteiger charge is -2.07. The summed E-state index contributed by atoms with van der Waals surface area (Å²) in [7, 11) is 0. The van der Waals surface area contributed by atoms with Crippen molar-refractivity contribution < 1.29 is 0 Å². The minimum Gasteiger partial charge on any atom is -0.382 e. The number of benzene rings is 2. The molecule has 3 N–H and O–H groups in total. The molecule has 0 fully saturated rings. The van der Waals surface area contributed by atoms with Crippen LogP contribution in [0.3, 0.4) is 0 Å². The monoisotopic (exact) mass is 347 g/mol. The summed E-state index contributed by atoms with van der Waals surface area (Å²) in [6.07, 6.45) is 0. The SMILES string of the molecule is Nc1n[nH]c(-c2ccc(Br)cc2)c1-c1ccccc1Cl. The zero-order valence-electron chi connectivity index (χ0n) is 10.4. The molecule has 0 unspecified atom stereocenters. The predicted molar refractivity (Wildman–Crippen MR) is 86.6 cm³/mol. The van der Waals surface area contributed by atoms with Gasteiger partial charge in [-0.25, -0.2) is 0 Å². The molecule has 0 aliphatic carbocycles. The first-order valence-corrected chi connectivity index (χ1v) is 7.18. The summed E-state index contributed by atoms with van der Waals surface area (Å²) < 4.78 is 1.02. The Morgan fingerprint density at radius 3 is 2.45 bits per heavy atom. The van der Waals surface area contributed by atoms with Gasteiger partial charge >= 0.3 is 0 Å². The zero-order valence-corrected chi connectivity index (χ0v) is 12.7. The van der Waals surface area contributed by atoms with Crippen LogP contribution in [-0.4, -0.2) is 10.2 Å². The molecule has 5 heteroatoms. The predicted octanol–water partition coefficient (Wildman–Crippen LogP) is 4.74. The highest BCUT2D eigenvalue weighted by Crippen LogP contribution is 2.38. The lowest BCUT2D eigenvalue weighted by Crippen LogP contribution is -1.89. The second-order valence-electron chi connectivity index (χ2n) is 4.35. The van der Waals surface area contributed by atoms with E-state index in [1.54, 1.807) is 0 Å². The van der Waals surface area contributed by atoms with Crippen LogP contribution >= 0.6 is 27.5 Å². The number of nitrogen functional groups attached to an aromatic ring is 1. The Bertz CT molecular complexity index is 750. The van der Waals surface area contributed by atoms with Gasteiger partial charge < -0.3 is 5.73 Å². The number of hydrogen-bond donors (Lipinski definition) is 2. The summed E-state index contributed by atoms with van der Waals surface area (Å²) in [6, 6.07) is 15.5. The number of aromatic nitrogens is 2. The van der Waals surface area contributed by atoms with Crippen molar-refractivity contribution in [3.63, 3.8) is 0 Å². The highest BCUT2D eigenvalue weighted by Gasteiger charge is 2.16. The van der Waals surface area contributed by atoms with Gasteiger partial charge in [0, 0.05) is 20.6 Å². The minimum atomic E-state index is 0.441. The van der Waals surface area contributed by atoms with E-state index in [0.717, 1.165) is 26.9 Å². The minimum absolute atomic E-state index is 0.441. The van der Waals surface area contributed by atoms with Crippen LogP contribution in [0.5, 0.6) is 0 Å². The van der Waals surface area contributed by atoms with Crippen molar-refractivity contribution in [3.8, 4) is 22.4 Å².